The molecule has 250 valence electrons. The second kappa shape index (κ2) is 18.9. The quantitative estimate of drug-likeness (QED) is 0.210. The van der Waals surface area contributed by atoms with Crippen molar-refractivity contribution in [3.05, 3.63) is 35.9 Å². The van der Waals surface area contributed by atoms with E-state index in [0.29, 0.717) is 38.3 Å². The van der Waals surface area contributed by atoms with Crippen LogP contribution < -0.4 is 10.6 Å². The molecule has 1 aliphatic carbocycles. The Bertz CT molecular complexity index is 1090. The summed E-state index contributed by atoms with van der Waals surface area (Å²) < 4.78 is 0. The highest BCUT2D eigenvalue weighted by molar-refractivity contribution is 5.91. The van der Waals surface area contributed by atoms with Gasteiger partial charge in [0.15, 0.2) is 0 Å². The van der Waals surface area contributed by atoms with Crippen molar-refractivity contribution in [1.29, 1.82) is 0 Å². The van der Waals surface area contributed by atoms with Gasteiger partial charge in [0.2, 0.25) is 17.7 Å². The molecule has 0 bridgehead atoms. The van der Waals surface area contributed by atoms with E-state index in [2.05, 4.69) is 21.5 Å². The van der Waals surface area contributed by atoms with Crippen LogP contribution in [-0.4, -0.2) is 95.3 Å². The van der Waals surface area contributed by atoms with Crippen molar-refractivity contribution < 1.29 is 24.6 Å². The molecule has 2 fully saturated rings. The molecule has 5 atom stereocenters. The van der Waals surface area contributed by atoms with Gasteiger partial charge < -0.3 is 30.6 Å². The van der Waals surface area contributed by atoms with Gasteiger partial charge in [-0.25, -0.2) is 0 Å². The lowest BCUT2D eigenvalue weighted by molar-refractivity contribution is -0.138. The molecule has 0 radical (unpaired) electrons. The number of terminal acetylenes is 1. The lowest BCUT2D eigenvalue weighted by Crippen LogP contribution is -2.56. The van der Waals surface area contributed by atoms with E-state index in [-0.39, 0.29) is 37.0 Å². The van der Waals surface area contributed by atoms with Gasteiger partial charge in [0.1, 0.15) is 12.1 Å². The van der Waals surface area contributed by atoms with Gasteiger partial charge in [0.05, 0.1) is 18.1 Å². The van der Waals surface area contributed by atoms with E-state index in [9.17, 15) is 24.6 Å². The number of hydrogen-bond acceptors (Lipinski definition) is 6. The molecule has 1 aromatic rings. The van der Waals surface area contributed by atoms with Crippen LogP contribution in [0.3, 0.4) is 0 Å². The minimum atomic E-state index is -1.13. The van der Waals surface area contributed by atoms with Crippen molar-refractivity contribution in [3.8, 4) is 12.3 Å². The van der Waals surface area contributed by atoms with Gasteiger partial charge in [-0.05, 0) is 50.1 Å². The third-order valence-corrected chi connectivity index (χ3v) is 9.34. The molecule has 9 nitrogen and oxygen atoms in total. The average Bonchev–Trinajstić information content (AvgIpc) is 3.02. The van der Waals surface area contributed by atoms with Gasteiger partial charge in [0, 0.05) is 39.0 Å². The molecule has 1 aliphatic heterocycles. The first-order chi connectivity index (χ1) is 21.6. The maximum absolute atomic E-state index is 13.9. The summed E-state index contributed by atoms with van der Waals surface area (Å²) in [5.41, 5.74) is 0.934. The smallest absolute Gasteiger partial charge is 0.242 e. The van der Waals surface area contributed by atoms with E-state index in [4.69, 9.17) is 6.42 Å². The fourth-order valence-electron chi connectivity index (χ4n) is 6.58. The van der Waals surface area contributed by atoms with Crippen molar-refractivity contribution in [2.75, 3.05) is 33.2 Å². The molecule has 9 heteroatoms. The molecule has 3 amide bonds. The molecule has 0 unspecified atom stereocenters. The normalized spacial score (nSPS) is 19.6. The number of nitrogens with one attached hydrogen (secondary N) is 2. The van der Waals surface area contributed by atoms with Gasteiger partial charge in [-0.2, -0.15) is 0 Å². The number of aliphatic hydroxyl groups is 2. The Morgan fingerprint density at radius 1 is 0.978 bits per heavy atom. The highest BCUT2D eigenvalue weighted by Gasteiger charge is 2.34. The van der Waals surface area contributed by atoms with Gasteiger partial charge in [-0.1, -0.05) is 76.3 Å². The van der Waals surface area contributed by atoms with Crippen LogP contribution >= 0.6 is 0 Å². The number of carbonyl (C=O) groups is 3. The zero-order chi connectivity index (χ0) is 32.8. The molecule has 4 N–H and O–H groups in total. The summed E-state index contributed by atoms with van der Waals surface area (Å²) >= 11 is 0. The monoisotopic (exact) mass is 624 g/mol. The van der Waals surface area contributed by atoms with E-state index in [1.807, 2.05) is 56.1 Å². The SMILES string of the molecule is C#CCC[C@H](NC(=O)[C@@H](CC(=O)N1CCN(C)CC1)Cc1ccccc1)C(=O)N[C@@H](CC1CCCCC1)[C@@H](O)[C@@H](O)CC(C)C. The number of nitrogens with zero attached hydrogens (tertiary/aromatic N) is 2. The van der Waals surface area contributed by atoms with Crippen LogP contribution in [0.4, 0.5) is 0 Å². The standard InChI is InChI=1S/C36H56N4O5/c1-5-6-17-30(36(45)38-31(24-28-15-11-8-12-16-28)34(43)32(41)22-26(2)3)37-35(44)29(23-27-13-9-7-10-14-27)25-33(42)40-20-18-39(4)19-21-40/h1,7,9-10,13-14,26,28-32,34,41,43H,6,8,11-12,15-25H2,2-4H3,(H,37,44)(H,38,45)/t29-,30+,31+,32+,34-/m1/s1. The molecule has 0 aromatic heterocycles. The first kappa shape index (κ1) is 36.5. The Morgan fingerprint density at radius 3 is 2.27 bits per heavy atom. The molecule has 1 aromatic carbocycles. The third-order valence-electron chi connectivity index (χ3n) is 9.34. The maximum atomic E-state index is 13.9. The van der Waals surface area contributed by atoms with Gasteiger partial charge in [0.25, 0.3) is 0 Å². The topological polar surface area (TPSA) is 122 Å². The first-order valence-electron chi connectivity index (χ1n) is 17.0. The third kappa shape index (κ3) is 12.4. The zero-order valence-electron chi connectivity index (χ0n) is 27.6. The number of benzene rings is 1. The van der Waals surface area contributed by atoms with Crippen LogP contribution in [0.2, 0.25) is 0 Å². The second-order valence-corrected chi connectivity index (χ2v) is 13.6. The van der Waals surface area contributed by atoms with Gasteiger partial charge in [-0.15, -0.1) is 12.3 Å². The summed E-state index contributed by atoms with van der Waals surface area (Å²) in [6.45, 7) is 6.78. The summed E-state index contributed by atoms with van der Waals surface area (Å²) in [5.74, 6) is 1.55. The van der Waals surface area contributed by atoms with Crippen molar-refractivity contribution in [1.82, 2.24) is 20.4 Å². The van der Waals surface area contributed by atoms with E-state index in [1.54, 1.807) is 0 Å². The lowest BCUT2D eigenvalue weighted by atomic mass is 9.82. The number of carbonyl (C=O) groups excluding carboxylic acids is 3. The van der Waals surface area contributed by atoms with Gasteiger partial charge in [-0.3, -0.25) is 14.4 Å². The molecule has 1 saturated carbocycles. The number of rotatable bonds is 16. The highest BCUT2D eigenvalue weighted by Crippen LogP contribution is 2.29. The van der Waals surface area contributed by atoms with Gasteiger partial charge >= 0.3 is 0 Å². The number of likely N-dealkylation sites (N-methyl/N-ethyl adjacent to an activating group) is 1. The largest absolute Gasteiger partial charge is 0.390 e. The number of hydrogen-bond donors (Lipinski definition) is 4. The molecule has 0 spiro atoms. The highest BCUT2D eigenvalue weighted by atomic mass is 16.3. The second-order valence-electron chi connectivity index (χ2n) is 13.6. The average molecular weight is 625 g/mol. The lowest BCUT2D eigenvalue weighted by Gasteiger charge is -2.34. The first-order valence-corrected chi connectivity index (χ1v) is 17.0. The minimum absolute atomic E-state index is 0.0400. The number of aliphatic hydroxyl groups excluding tert-OH is 2. The Kier molecular flexibility index (Phi) is 15.3. The summed E-state index contributed by atoms with van der Waals surface area (Å²) in [7, 11) is 2.03. The molecular formula is C36H56N4O5. The van der Waals surface area contributed by atoms with E-state index < -0.39 is 36.1 Å². The molecule has 45 heavy (non-hydrogen) atoms. The summed E-state index contributed by atoms with van der Waals surface area (Å²) in [5, 5.41) is 27.9. The van der Waals surface area contributed by atoms with Crippen LogP contribution in [0.15, 0.2) is 30.3 Å². The molecule has 3 rings (SSSR count). The van der Waals surface area contributed by atoms with E-state index in [1.165, 1.54) is 6.42 Å². The van der Waals surface area contributed by atoms with Crippen molar-refractivity contribution in [2.45, 2.75) is 109 Å². The number of piperazine rings is 1. The minimum Gasteiger partial charge on any atom is -0.390 e. The summed E-state index contributed by atoms with van der Waals surface area (Å²) in [4.78, 5) is 45.0. The summed E-state index contributed by atoms with van der Waals surface area (Å²) in [6, 6.07) is 7.99. The molecule has 1 heterocycles. The van der Waals surface area contributed by atoms with Crippen LogP contribution in [0.5, 0.6) is 0 Å². The van der Waals surface area contributed by atoms with Crippen molar-refractivity contribution in [2.24, 2.45) is 17.8 Å². The Morgan fingerprint density at radius 2 is 1.64 bits per heavy atom. The van der Waals surface area contributed by atoms with Crippen LogP contribution in [0, 0.1) is 30.1 Å². The molecular weight excluding hydrogens is 568 g/mol. The van der Waals surface area contributed by atoms with E-state index >= 15 is 0 Å². The molecule has 1 saturated heterocycles. The molecule has 2 aliphatic rings. The van der Waals surface area contributed by atoms with E-state index in [0.717, 1.165) is 44.3 Å². The van der Waals surface area contributed by atoms with Crippen molar-refractivity contribution in [3.63, 3.8) is 0 Å². The predicted octanol–water partition coefficient (Wildman–Crippen LogP) is 3.13. The summed E-state index contributed by atoms with van der Waals surface area (Å²) in [6.07, 6.45) is 10.8. The van der Waals surface area contributed by atoms with Crippen molar-refractivity contribution >= 4 is 17.7 Å². The number of amides is 3. The Labute approximate surface area is 270 Å². The zero-order valence-corrected chi connectivity index (χ0v) is 27.6. The fraction of sp³-hybridized carbons (Fsp3) is 0.694. The van der Waals surface area contributed by atoms with Crippen LogP contribution in [-0.2, 0) is 20.8 Å². The maximum Gasteiger partial charge on any atom is 0.242 e. The van der Waals surface area contributed by atoms with Crippen LogP contribution in [0.25, 0.3) is 0 Å². The predicted molar refractivity (Wildman–Crippen MR) is 177 cm³/mol. The fourth-order valence-corrected chi connectivity index (χ4v) is 6.58. The Hall–Kier alpha value is -2.93. The van der Waals surface area contributed by atoms with Crippen LogP contribution in [0.1, 0.15) is 83.6 Å². The Balaban J connectivity index is 1.76.